The van der Waals surface area contributed by atoms with Gasteiger partial charge in [-0.2, -0.15) is 5.10 Å². The van der Waals surface area contributed by atoms with Crippen LogP contribution in [-0.2, 0) is 7.05 Å². The first-order chi connectivity index (χ1) is 8.24. The van der Waals surface area contributed by atoms with Crippen molar-refractivity contribution < 1.29 is 0 Å². The van der Waals surface area contributed by atoms with E-state index in [0.29, 0.717) is 0 Å². The van der Waals surface area contributed by atoms with Gasteiger partial charge in [0.15, 0.2) is 10.8 Å². The van der Waals surface area contributed by atoms with E-state index >= 15 is 0 Å². The van der Waals surface area contributed by atoms with E-state index in [1.807, 2.05) is 23.8 Å². The SMILES string of the molecule is Cn1ncnc1Sc1nc(Br)cn2ccnc12. The summed E-state index contributed by atoms with van der Waals surface area (Å²) in [4.78, 5) is 12.8. The summed E-state index contributed by atoms with van der Waals surface area (Å²) in [5.74, 6) is 0. The van der Waals surface area contributed by atoms with E-state index in [1.165, 1.54) is 18.1 Å². The molecule has 0 aliphatic rings. The molecule has 0 N–H and O–H groups in total. The standard InChI is InChI=1S/C9H7BrN6S/c1-15-9(12-5-13-15)17-8-7-11-2-3-16(7)4-6(10)14-8/h2-5H,1H3. The first-order valence-corrected chi connectivity index (χ1v) is 6.36. The Kier molecular flexibility index (Phi) is 2.60. The van der Waals surface area contributed by atoms with Crippen molar-refractivity contribution in [2.24, 2.45) is 7.05 Å². The fourth-order valence-electron chi connectivity index (χ4n) is 1.41. The summed E-state index contributed by atoms with van der Waals surface area (Å²) in [5.41, 5.74) is 0.807. The number of aryl methyl sites for hydroxylation is 1. The zero-order chi connectivity index (χ0) is 11.8. The van der Waals surface area contributed by atoms with Crippen molar-refractivity contribution >= 4 is 33.3 Å². The van der Waals surface area contributed by atoms with Crippen LogP contribution in [-0.4, -0.2) is 29.1 Å². The van der Waals surface area contributed by atoms with Crippen molar-refractivity contribution in [3.05, 3.63) is 29.5 Å². The molecule has 86 valence electrons. The maximum atomic E-state index is 4.40. The number of fused-ring (bicyclic) bond motifs is 1. The van der Waals surface area contributed by atoms with Crippen molar-refractivity contribution in [1.82, 2.24) is 29.1 Å². The Balaban J connectivity index is 2.11. The van der Waals surface area contributed by atoms with Crippen LogP contribution in [0.15, 0.2) is 39.7 Å². The Morgan fingerprint density at radius 2 is 2.24 bits per heavy atom. The molecule has 0 saturated heterocycles. The molecule has 0 aliphatic carbocycles. The fraction of sp³-hybridized carbons (Fsp3) is 0.111. The summed E-state index contributed by atoms with van der Waals surface area (Å²) in [5, 5.41) is 5.59. The monoisotopic (exact) mass is 310 g/mol. The second kappa shape index (κ2) is 4.11. The van der Waals surface area contributed by atoms with Crippen molar-refractivity contribution in [2.75, 3.05) is 0 Å². The van der Waals surface area contributed by atoms with Gasteiger partial charge < -0.3 is 4.40 Å². The van der Waals surface area contributed by atoms with Crippen LogP contribution < -0.4 is 0 Å². The van der Waals surface area contributed by atoms with Gasteiger partial charge in [0.25, 0.3) is 0 Å². The molecule has 6 nitrogen and oxygen atoms in total. The molecule has 3 heterocycles. The maximum absolute atomic E-state index is 4.40. The molecule has 3 aromatic rings. The molecule has 3 rings (SSSR count). The molecule has 0 unspecified atom stereocenters. The van der Waals surface area contributed by atoms with Crippen LogP contribution in [0, 0.1) is 0 Å². The third-order valence-electron chi connectivity index (χ3n) is 2.17. The molecule has 0 spiro atoms. The summed E-state index contributed by atoms with van der Waals surface area (Å²) in [7, 11) is 1.84. The van der Waals surface area contributed by atoms with Gasteiger partial charge in [0.1, 0.15) is 16.0 Å². The lowest BCUT2D eigenvalue weighted by atomic mass is 10.7. The minimum atomic E-state index is 0.757. The third-order valence-corrected chi connectivity index (χ3v) is 3.57. The summed E-state index contributed by atoms with van der Waals surface area (Å²) < 4.78 is 4.37. The van der Waals surface area contributed by atoms with Gasteiger partial charge >= 0.3 is 0 Å². The minimum absolute atomic E-state index is 0.757. The molecule has 0 bridgehead atoms. The van der Waals surface area contributed by atoms with E-state index in [2.05, 4.69) is 36.0 Å². The largest absolute Gasteiger partial charge is 0.302 e. The number of nitrogens with zero attached hydrogens (tertiary/aromatic N) is 6. The molecular weight excluding hydrogens is 304 g/mol. The predicted molar refractivity (Wildman–Crippen MR) is 65.8 cm³/mol. The Morgan fingerprint density at radius 1 is 1.35 bits per heavy atom. The van der Waals surface area contributed by atoms with Gasteiger partial charge in [-0.1, -0.05) is 0 Å². The lowest BCUT2D eigenvalue weighted by Crippen LogP contribution is -1.96. The second-order valence-electron chi connectivity index (χ2n) is 3.30. The molecular formula is C9H7BrN6S. The molecule has 0 radical (unpaired) electrons. The third kappa shape index (κ3) is 1.93. The van der Waals surface area contributed by atoms with Gasteiger partial charge in [0.2, 0.25) is 0 Å². The van der Waals surface area contributed by atoms with Gasteiger partial charge in [0.05, 0.1) is 0 Å². The summed E-state index contributed by atoms with van der Waals surface area (Å²) in [6, 6.07) is 0. The lowest BCUT2D eigenvalue weighted by Gasteiger charge is -2.02. The number of halogens is 1. The Hall–Kier alpha value is -1.41. The average Bonchev–Trinajstić information content (AvgIpc) is 2.88. The van der Waals surface area contributed by atoms with Crippen LogP contribution in [0.2, 0.25) is 0 Å². The highest BCUT2D eigenvalue weighted by Crippen LogP contribution is 2.27. The van der Waals surface area contributed by atoms with Gasteiger partial charge in [-0.25, -0.2) is 19.6 Å². The molecule has 0 aliphatic heterocycles. The Morgan fingerprint density at radius 3 is 3.00 bits per heavy atom. The number of hydrogen-bond donors (Lipinski definition) is 0. The highest BCUT2D eigenvalue weighted by Gasteiger charge is 2.11. The van der Waals surface area contributed by atoms with E-state index in [0.717, 1.165) is 20.4 Å². The first-order valence-electron chi connectivity index (χ1n) is 4.75. The van der Waals surface area contributed by atoms with E-state index in [1.54, 1.807) is 10.9 Å². The fourth-order valence-corrected chi connectivity index (χ4v) is 2.77. The van der Waals surface area contributed by atoms with Crippen LogP contribution in [0.1, 0.15) is 0 Å². The van der Waals surface area contributed by atoms with Crippen LogP contribution in [0.5, 0.6) is 0 Å². The molecule has 17 heavy (non-hydrogen) atoms. The van der Waals surface area contributed by atoms with Crippen molar-refractivity contribution in [1.29, 1.82) is 0 Å². The highest BCUT2D eigenvalue weighted by atomic mass is 79.9. The lowest BCUT2D eigenvalue weighted by molar-refractivity contribution is 0.684. The van der Waals surface area contributed by atoms with Crippen LogP contribution >= 0.6 is 27.7 Å². The number of imidazole rings is 1. The van der Waals surface area contributed by atoms with Crippen molar-refractivity contribution in [3.8, 4) is 0 Å². The summed E-state index contributed by atoms with van der Waals surface area (Å²) >= 11 is 4.81. The Labute approximate surface area is 109 Å². The zero-order valence-corrected chi connectivity index (χ0v) is 11.2. The van der Waals surface area contributed by atoms with E-state index in [9.17, 15) is 0 Å². The van der Waals surface area contributed by atoms with Gasteiger partial charge in [-0.05, 0) is 27.7 Å². The minimum Gasteiger partial charge on any atom is -0.302 e. The summed E-state index contributed by atoms with van der Waals surface area (Å²) in [6.45, 7) is 0. The van der Waals surface area contributed by atoms with E-state index in [4.69, 9.17) is 0 Å². The van der Waals surface area contributed by atoms with E-state index < -0.39 is 0 Å². The normalized spacial score (nSPS) is 11.2. The van der Waals surface area contributed by atoms with Crippen LogP contribution in [0.3, 0.4) is 0 Å². The smallest absolute Gasteiger partial charge is 0.192 e. The van der Waals surface area contributed by atoms with Gasteiger partial charge in [-0.15, -0.1) is 0 Å². The molecule has 0 fully saturated rings. The average molecular weight is 311 g/mol. The predicted octanol–water partition coefficient (Wildman–Crippen LogP) is 1.77. The highest BCUT2D eigenvalue weighted by molar-refractivity contribution is 9.10. The number of aromatic nitrogens is 6. The maximum Gasteiger partial charge on any atom is 0.192 e. The van der Waals surface area contributed by atoms with Crippen molar-refractivity contribution in [3.63, 3.8) is 0 Å². The molecule has 0 amide bonds. The van der Waals surface area contributed by atoms with Gasteiger partial charge in [-0.3, -0.25) is 0 Å². The molecule has 0 saturated carbocycles. The van der Waals surface area contributed by atoms with Crippen LogP contribution in [0.25, 0.3) is 5.65 Å². The van der Waals surface area contributed by atoms with Crippen molar-refractivity contribution in [2.45, 2.75) is 10.2 Å². The molecule has 0 aromatic carbocycles. The Bertz CT molecular complexity index is 675. The number of rotatable bonds is 2. The molecule has 8 heteroatoms. The number of hydrogen-bond acceptors (Lipinski definition) is 5. The second-order valence-corrected chi connectivity index (χ2v) is 5.06. The van der Waals surface area contributed by atoms with Crippen LogP contribution in [0.4, 0.5) is 0 Å². The van der Waals surface area contributed by atoms with Gasteiger partial charge in [0, 0.05) is 25.6 Å². The topological polar surface area (TPSA) is 60.9 Å². The quantitative estimate of drug-likeness (QED) is 0.722. The summed E-state index contributed by atoms with van der Waals surface area (Å²) in [6.07, 6.45) is 7.00. The molecule has 3 aromatic heterocycles. The molecule has 0 atom stereocenters. The zero-order valence-electron chi connectivity index (χ0n) is 8.78. The first kappa shape index (κ1) is 10.7. The van der Waals surface area contributed by atoms with E-state index in [-0.39, 0.29) is 0 Å².